The molecule has 2 bridgehead atoms. The molecule has 25 heavy (non-hydrogen) atoms. The molecule has 2 heterocycles. The molecule has 4 nitrogen and oxygen atoms in total. The number of carbonyl (C=O) groups excluding carboxylic acids is 1. The number of quaternary nitrogens is 1. The number of nitrogens with zero attached hydrogens (tertiary/aromatic N) is 1. The number of rotatable bonds is 2. The lowest BCUT2D eigenvalue weighted by Crippen LogP contribution is -2.72. The quantitative estimate of drug-likeness (QED) is 0.842. The van der Waals surface area contributed by atoms with Gasteiger partial charge in [-0.25, -0.2) is 0 Å². The van der Waals surface area contributed by atoms with E-state index in [1.165, 1.54) is 35.0 Å². The summed E-state index contributed by atoms with van der Waals surface area (Å²) < 4.78 is 7.35. The molecule has 0 amide bonds. The summed E-state index contributed by atoms with van der Waals surface area (Å²) in [6, 6.07) is 4.46. The van der Waals surface area contributed by atoms with Crippen molar-refractivity contribution in [2.24, 2.45) is 11.8 Å². The van der Waals surface area contributed by atoms with Gasteiger partial charge in [-0.15, -0.1) is 0 Å². The zero-order valence-corrected chi connectivity index (χ0v) is 14.8. The van der Waals surface area contributed by atoms with E-state index in [1.54, 1.807) is 6.07 Å². The lowest BCUT2D eigenvalue weighted by atomic mass is 9.51. The van der Waals surface area contributed by atoms with Gasteiger partial charge in [-0.1, -0.05) is 6.07 Å². The van der Waals surface area contributed by atoms with Gasteiger partial charge in [0.1, 0.15) is 0 Å². The number of piperidine rings is 1. The molecule has 1 spiro atoms. The van der Waals surface area contributed by atoms with Gasteiger partial charge in [0.2, 0.25) is 0 Å². The molecule has 1 aromatic carbocycles. The van der Waals surface area contributed by atoms with E-state index in [1.807, 2.05) is 0 Å². The minimum atomic E-state index is -0.356. The molecule has 132 valence electrons. The minimum Gasteiger partial charge on any atom is -0.504 e. The van der Waals surface area contributed by atoms with Crippen molar-refractivity contribution in [2.75, 3.05) is 20.1 Å². The van der Waals surface area contributed by atoms with Crippen LogP contribution in [0.5, 0.6) is 11.5 Å². The Balaban J connectivity index is 1.56. The Hall–Kier alpha value is -1.55. The third-order valence-electron chi connectivity index (χ3n) is 8.15. The largest absolute Gasteiger partial charge is 0.504 e. The summed E-state index contributed by atoms with van der Waals surface area (Å²) in [5, 5.41) is 10.4. The molecular formula is C21H26NO3+. The Morgan fingerprint density at radius 1 is 1.32 bits per heavy atom. The molecule has 0 radical (unpaired) electrons. The number of ether oxygens (including phenoxy) is 1. The van der Waals surface area contributed by atoms with Gasteiger partial charge in [0.15, 0.2) is 23.4 Å². The highest BCUT2D eigenvalue weighted by Gasteiger charge is 2.69. The summed E-state index contributed by atoms with van der Waals surface area (Å²) in [7, 11) is 2.46. The molecule has 1 aromatic rings. The van der Waals surface area contributed by atoms with Gasteiger partial charge < -0.3 is 14.3 Å². The Bertz CT molecular complexity index is 801. The van der Waals surface area contributed by atoms with E-state index < -0.39 is 0 Å². The highest BCUT2D eigenvalue weighted by Crippen LogP contribution is 2.64. The summed E-state index contributed by atoms with van der Waals surface area (Å²) in [4.78, 5) is 12.8. The van der Waals surface area contributed by atoms with Crippen LogP contribution in [0.2, 0.25) is 0 Å². The van der Waals surface area contributed by atoms with Crippen molar-refractivity contribution in [3.63, 3.8) is 0 Å². The topological polar surface area (TPSA) is 46.5 Å². The molecule has 2 aliphatic heterocycles. The summed E-state index contributed by atoms with van der Waals surface area (Å²) in [5.74, 6) is 2.52. The number of Topliss-reactive ketones (excluding diaryl/α,β-unsaturated/α-hetero) is 1. The van der Waals surface area contributed by atoms with Crippen molar-refractivity contribution in [3.05, 3.63) is 23.3 Å². The van der Waals surface area contributed by atoms with E-state index in [-0.39, 0.29) is 23.1 Å². The van der Waals surface area contributed by atoms with E-state index in [2.05, 4.69) is 13.1 Å². The molecule has 3 fully saturated rings. The Morgan fingerprint density at radius 2 is 2.16 bits per heavy atom. The maximum absolute atomic E-state index is 12.8. The van der Waals surface area contributed by atoms with Crippen LogP contribution in [0.3, 0.4) is 0 Å². The van der Waals surface area contributed by atoms with Crippen LogP contribution in [0, 0.1) is 11.8 Å². The zero-order chi connectivity index (χ0) is 17.0. The summed E-state index contributed by atoms with van der Waals surface area (Å²) >= 11 is 0. The highest BCUT2D eigenvalue weighted by molar-refractivity contribution is 5.89. The van der Waals surface area contributed by atoms with Crippen LogP contribution in [-0.4, -0.2) is 47.7 Å². The van der Waals surface area contributed by atoms with Crippen LogP contribution >= 0.6 is 0 Å². The van der Waals surface area contributed by atoms with Crippen LogP contribution in [0.15, 0.2) is 12.1 Å². The van der Waals surface area contributed by atoms with Crippen molar-refractivity contribution in [3.8, 4) is 11.5 Å². The molecule has 2 saturated carbocycles. The molecule has 4 heteroatoms. The first-order chi connectivity index (χ1) is 12.0. The van der Waals surface area contributed by atoms with E-state index >= 15 is 0 Å². The molecular weight excluding hydrogens is 314 g/mol. The number of likely N-dealkylation sites (tertiary alicyclic amines) is 1. The predicted molar refractivity (Wildman–Crippen MR) is 92.7 cm³/mol. The molecule has 3 unspecified atom stereocenters. The first kappa shape index (κ1) is 14.6. The average molecular weight is 340 g/mol. The molecule has 5 atom stereocenters. The van der Waals surface area contributed by atoms with Gasteiger partial charge in [-0.3, -0.25) is 4.79 Å². The fraction of sp³-hybridized carbons (Fsp3) is 0.667. The zero-order valence-electron chi connectivity index (χ0n) is 14.8. The number of hydrogen-bond donors (Lipinski definition) is 1. The first-order valence-electron chi connectivity index (χ1n) is 9.92. The Labute approximate surface area is 148 Å². The van der Waals surface area contributed by atoms with Crippen molar-refractivity contribution in [2.45, 2.75) is 56.1 Å². The number of ketones is 1. The van der Waals surface area contributed by atoms with Gasteiger partial charge >= 0.3 is 0 Å². The van der Waals surface area contributed by atoms with E-state index in [0.29, 0.717) is 24.1 Å². The first-order valence-corrected chi connectivity index (χ1v) is 9.92. The van der Waals surface area contributed by atoms with Gasteiger partial charge in [-0.05, 0) is 30.9 Å². The number of phenolic OH excluding ortho intramolecular Hbond substituents is 1. The standard InChI is InChI=1S/C21H25NO3/c1-22(11-12-2-3-12)9-8-21-14-5-7-17(24)20(21)25-19-16(23)6-4-13(18(19)21)10-15(14)22/h4,6,12,14-15,20H,2-3,5,7-11H2,1H3/p+1/t14?,15?,20-,21-,22?/m0/s1. The summed E-state index contributed by atoms with van der Waals surface area (Å²) in [6.07, 6.45) is 6.17. The van der Waals surface area contributed by atoms with Crippen LogP contribution in [0.25, 0.3) is 0 Å². The maximum atomic E-state index is 12.8. The SMILES string of the molecule is C[N+]1(CC2CC2)CC[C@]23c4c5ccc(O)c4O[C@H]2C(=O)CCC3C1C5. The molecule has 1 saturated heterocycles. The Morgan fingerprint density at radius 3 is 2.96 bits per heavy atom. The van der Waals surface area contributed by atoms with Crippen molar-refractivity contribution < 1.29 is 19.1 Å². The third-order valence-corrected chi connectivity index (χ3v) is 8.15. The molecule has 1 N–H and O–H groups in total. The average Bonchev–Trinajstić information content (AvgIpc) is 3.32. The number of benzene rings is 1. The van der Waals surface area contributed by atoms with E-state index in [9.17, 15) is 9.90 Å². The third kappa shape index (κ3) is 1.65. The number of phenols is 1. The molecule has 6 rings (SSSR count). The fourth-order valence-electron chi connectivity index (χ4n) is 6.91. The van der Waals surface area contributed by atoms with Crippen LogP contribution < -0.4 is 4.74 Å². The second-order valence-corrected chi connectivity index (χ2v) is 9.45. The van der Waals surface area contributed by atoms with Gasteiger partial charge in [0.05, 0.1) is 31.6 Å². The molecule has 5 aliphatic rings. The van der Waals surface area contributed by atoms with Crippen LogP contribution in [-0.2, 0) is 16.6 Å². The molecule has 0 aromatic heterocycles. The van der Waals surface area contributed by atoms with E-state index in [4.69, 9.17) is 4.74 Å². The summed E-state index contributed by atoms with van der Waals surface area (Å²) in [6.45, 7) is 2.44. The van der Waals surface area contributed by atoms with Gasteiger partial charge in [0, 0.05) is 36.7 Å². The predicted octanol–water partition coefficient (Wildman–Crippen LogP) is 2.56. The highest BCUT2D eigenvalue weighted by atomic mass is 16.5. The second-order valence-electron chi connectivity index (χ2n) is 9.45. The van der Waals surface area contributed by atoms with Crippen molar-refractivity contribution >= 4 is 5.78 Å². The smallest absolute Gasteiger partial charge is 0.174 e. The second kappa shape index (κ2) is 4.40. The molecule has 3 aliphatic carbocycles. The lowest BCUT2D eigenvalue weighted by Gasteiger charge is -2.60. The van der Waals surface area contributed by atoms with Gasteiger partial charge in [0.25, 0.3) is 0 Å². The number of likely N-dealkylation sites (N-methyl/N-ethyl adjacent to an activating group) is 1. The van der Waals surface area contributed by atoms with Gasteiger partial charge in [-0.2, -0.15) is 0 Å². The monoisotopic (exact) mass is 340 g/mol. The van der Waals surface area contributed by atoms with Crippen molar-refractivity contribution in [1.29, 1.82) is 0 Å². The number of hydrogen-bond acceptors (Lipinski definition) is 3. The van der Waals surface area contributed by atoms with Crippen molar-refractivity contribution in [1.82, 2.24) is 0 Å². The number of aromatic hydroxyl groups is 1. The van der Waals surface area contributed by atoms with E-state index in [0.717, 1.165) is 31.7 Å². The number of carbonyl (C=O) groups is 1. The summed E-state index contributed by atoms with van der Waals surface area (Å²) in [5.41, 5.74) is 2.36. The minimum absolute atomic E-state index is 0.164. The Kier molecular flexibility index (Phi) is 2.57. The van der Waals surface area contributed by atoms with Crippen LogP contribution in [0.4, 0.5) is 0 Å². The fourth-order valence-corrected chi connectivity index (χ4v) is 6.91. The normalized spacial score (nSPS) is 43.6. The lowest BCUT2D eigenvalue weighted by molar-refractivity contribution is -0.946. The van der Waals surface area contributed by atoms with Crippen LogP contribution in [0.1, 0.15) is 43.2 Å². The maximum Gasteiger partial charge on any atom is 0.174 e.